The zero-order valence-electron chi connectivity index (χ0n) is 20.8. The zero-order chi connectivity index (χ0) is 26.8. The van der Waals surface area contributed by atoms with Crippen molar-refractivity contribution in [1.29, 1.82) is 0 Å². The minimum Gasteiger partial charge on any atom is -0.486 e. The van der Waals surface area contributed by atoms with Gasteiger partial charge >= 0.3 is 5.97 Å². The average molecular weight is 533 g/mol. The van der Waals surface area contributed by atoms with E-state index < -0.39 is 18.0 Å². The van der Waals surface area contributed by atoms with Crippen LogP contribution in [-0.2, 0) is 16.6 Å². The van der Waals surface area contributed by atoms with Gasteiger partial charge in [-0.3, -0.25) is 9.59 Å². The smallest absolute Gasteiger partial charge is 0.356 e. The van der Waals surface area contributed by atoms with Gasteiger partial charge in [0.25, 0.3) is 11.5 Å². The molecule has 1 aromatic heterocycles. The van der Waals surface area contributed by atoms with Gasteiger partial charge in [-0.15, -0.1) is 0 Å². The number of halogens is 1. The summed E-state index contributed by atoms with van der Waals surface area (Å²) < 4.78 is 18.1. The van der Waals surface area contributed by atoms with Gasteiger partial charge < -0.3 is 24.1 Å². The van der Waals surface area contributed by atoms with Crippen LogP contribution >= 0.6 is 11.6 Å². The van der Waals surface area contributed by atoms with E-state index in [-0.39, 0.29) is 17.7 Å². The maximum absolute atomic E-state index is 13.6. The molecule has 0 aliphatic carbocycles. The quantitative estimate of drug-likeness (QED) is 0.343. The van der Waals surface area contributed by atoms with Crippen LogP contribution < -0.4 is 20.3 Å². The Hall–Kier alpha value is -4.30. The standard InChI is InChI=1S/C29H25ClN2O6/c1-3-22(27(33)31-19-12-13-23-24(16-19)37-15-14-36-23)38-29(35)26-25(17-8-10-18(30)11-9-17)20-6-4-5-7-21(20)28(34)32(26)2/h4-13,16,22H,3,14-15H2,1-2H3,(H,31,33). The van der Waals surface area contributed by atoms with Crippen LogP contribution in [0, 0.1) is 0 Å². The summed E-state index contributed by atoms with van der Waals surface area (Å²) in [5, 5.41) is 4.36. The maximum Gasteiger partial charge on any atom is 0.356 e. The van der Waals surface area contributed by atoms with Crippen LogP contribution in [0.25, 0.3) is 21.9 Å². The van der Waals surface area contributed by atoms with E-state index in [4.69, 9.17) is 25.8 Å². The lowest BCUT2D eigenvalue weighted by Gasteiger charge is -2.21. The molecule has 194 valence electrons. The molecule has 5 rings (SSSR count). The van der Waals surface area contributed by atoms with Crippen molar-refractivity contribution in [2.75, 3.05) is 18.5 Å². The Labute approximate surface area is 223 Å². The Bertz CT molecular complexity index is 1600. The predicted molar refractivity (Wildman–Crippen MR) is 145 cm³/mol. The summed E-state index contributed by atoms with van der Waals surface area (Å²) in [7, 11) is 1.51. The highest BCUT2D eigenvalue weighted by Crippen LogP contribution is 2.34. The number of amides is 1. The number of aromatic nitrogens is 1. The summed E-state index contributed by atoms with van der Waals surface area (Å²) >= 11 is 6.10. The number of nitrogens with zero attached hydrogens (tertiary/aromatic N) is 1. The summed E-state index contributed by atoms with van der Waals surface area (Å²) in [4.78, 5) is 39.9. The normalized spacial score (nSPS) is 13.1. The van der Waals surface area contributed by atoms with Crippen LogP contribution in [-0.4, -0.2) is 35.8 Å². The van der Waals surface area contributed by atoms with Crippen molar-refractivity contribution >= 4 is 39.9 Å². The predicted octanol–water partition coefficient (Wildman–Crippen LogP) is 5.20. The first kappa shape index (κ1) is 25.4. The monoisotopic (exact) mass is 532 g/mol. The molecule has 0 saturated carbocycles. The minimum atomic E-state index is -1.10. The van der Waals surface area contributed by atoms with Crippen LogP contribution in [0.2, 0.25) is 5.02 Å². The molecule has 0 spiro atoms. The number of carbonyl (C=O) groups excluding carboxylic acids is 2. The molecule has 4 aromatic rings. The molecule has 0 saturated heterocycles. The number of hydrogen-bond donors (Lipinski definition) is 1. The van der Waals surface area contributed by atoms with Crippen LogP contribution in [0.3, 0.4) is 0 Å². The Balaban J connectivity index is 1.49. The maximum atomic E-state index is 13.6. The number of esters is 1. The fraction of sp³-hybridized carbons (Fsp3) is 0.207. The molecule has 1 amide bonds. The number of hydrogen-bond acceptors (Lipinski definition) is 6. The number of benzene rings is 3. The van der Waals surface area contributed by atoms with Gasteiger partial charge in [-0.1, -0.05) is 48.9 Å². The van der Waals surface area contributed by atoms with Gasteiger partial charge in [0, 0.05) is 34.8 Å². The molecule has 0 bridgehead atoms. The molecular formula is C29H25ClN2O6. The first-order valence-corrected chi connectivity index (χ1v) is 12.5. The number of ether oxygens (including phenoxy) is 3. The van der Waals surface area contributed by atoms with Crippen LogP contribution in [0.1, 0.15) is 23.8 Å². The molecule has 3 aromatic carbocycles. The first-order chi connectivity index (χ1) is 18.4. The Morgan fingerprint density at radius 3 is 2.39 bits per heavy atom. The van der Waals surface area contributed by atoms with Crippen molar-refractivity contribution in [2.45, 2.75) is 19.4 Å². The van der Waals surface area contributed by atoms with E-state index in [1.807, 2.05) is 0 Å². The van der Waals surface area contributed by atoms with Gasteiger partial charge in [0.1, 0.15) is 18.9 Å². The highest BCUT2D eigenvalue weighted by molar-refractivity contribution is 6.30. The lowest BCUT2D eigenvalue weighted by Crippen LogP contribution is -2.34. The number of rotatable bonds is 6. The third-order valence-corrected chi connectivity index (χ3v) is 6.60. The molecule has 9 heteroatoms. The first-order valence-electron chi connectivity index (χ1n) is 12.2. The second-order valence-corrected chi connectivity index (χ2v) is 9.23. The summed E-state index contributed by atoms with van der Waals surface area (Å²) in [5.41, 5.74) is 1.38. The third-order valence-electron chi connectivity index (χ3n) is 6.35. The fourth-order valence-corrected chi connectivity index (χ4v) is 4.59. The average Bonchev–Trinajstić information content (AvgIpc) is 2.93. The Kier molecular flexibility index (Phi) is 7.07. The second kappa shape index (κ2) is 10.6. The number of fused-ring (bicyclic) bond motifs is 2. The third kappa shape index (κ3) is 4.82. The van der Waals surface area contributed by atoms with Gasteiger partial charge in [0.2, 0.25) is 0 Å². The van der Waals surface area contributed by atoms with Crippen LogP contribution in [0.5, 0.6) is 11.5 Å². The lowest BCUT2D eigenvalue weighted by molar-refractivity contribution is -0.124. The van der Waals surface area contributed by atoms with Gasteiger partial charge in [-0.2, -0.15) is 0 Å². The molecule has 1 aliphatic rings. The molecule has 2 heterocycles. The minimum absolute atomic E-state index is 0.0431. The van der Waals surface area contributed by atoms with Crippen LogP contribution in [0.4, 0.5) is 5.69 Å². The van der Waals surface area contributed by atoms with E-state index >= 15 is 0 Å². The van der Waals surface area contributed by atoms with Crippen molar-refractivity contribution < 1.29 is 23.8 Å². The molecule has 0 fully saturated rings. The molecule has 1 unspecified atom stereocenters. The lowest BCUT2D eigenvalue weighted by atomic mass is 9.96. The van der Waals surface area contributed by atoms with Gasteiger partial charge in [0.05, 0.1) is 0 Å². The van der Waals surface area contributed by atoms with Gasteiger partial charge in [0.15, 0.2) is 17.6 Å². The largest absolute Gasteiger partial charge is 0.486 e. The Morgan fingerprint density at radius 1 is 1.00 bits per heavy atom. The van der Waals surface area contributed by atoms with E-state index in [9.17, 15) is 14.4 Å². The molecule has 8 nitrogen and oxygen atoms in total. The van der Waals surface area contributed by atoms with Crippen molar-refractivity contribution in [3.8, 4) is 22.6 Å². The zero-order valence-corrected chi connectivity index (χ0v) is 21.6. The van der Waals surface area contributed by atoms with E-state index in [1.165, 1.54) is 11.6 Å². The van der Waals surface area contributed by atoms with Crippen LogP contribution in [0.15, 0.2) is 71.5 Å². The van der Waals surface area contributed by atoms with Crippen molar-refractivity contribution in [1.82, 2.24) is 4.57 Å². The van der Waals surface area contributed by atoms with E-state index in [2.05, 4.69) is 5.32 Å². The SMILES string of the molecule is CCC(OC(=O)c1c(-c2ccc(Cl)cc2)c2ccccc2c(=O)n1C)C(=O)Nc1ccc2c(c1)OCCO2. The van der Waals surface area contributed by atoms with E-state index in [0.29, 0.717) is 57.3 Å². The molecular weight excluding hydrogens is 508 g/mol. The van der Waals surface area contributed by atoms with Crippen molar-refractivity contribution in [2.24, 2.45) is 7.05 Å². The molecule has 1 N–H and O–H groups in total. The number of nitrogens with one attached hydrogen (secondary N) is 1. The summed E-state index contributed by atoms with van der Waals surface area (Å²) in [6, 6.07) is 19.1. The molecule has 1 aliphatic heterocycles. The summed E-state index contributed by atoms with van der Waals surface area (Å²) in [6.07, 6.45) is -0.879. The van der Waals surface area contributed by atoms with E-state index in [1.54, 1.807) is 73.7 Å². The summed E-state index contributed by atoms with van der Waals surface area (Å²) in [5.74, 6) is -0.168. The molecule has 1 atom stereocenters. The highest BCUT2D eigenvalue weighted by atomic mass is 35.5. The number of anilines is 1. The highest BCUT2D eigenvalue weighted by Gasteiger charge is 2.28. The van der Waals surface area contributed by atoms with Crippen molar-refractivity contribution in [3.05, 3.63) is 87.8 Å². The van der Waals surface area contributed by atoms with Gasteiger partial charge in [-0.25, -0.2) is 4.79 Å². The fourth-order valence-electron chi connectivity index (χ4n) is 4.46. The number of carbonyl (C=O) groups is 2. The topological polar surface area (TPSA) is 95.9 Å². The van der Waals surface area contributed by atoms with E-state index in [0.717, 1.165) is 0 Å². The summed E-state index contributed by atoms with van der Waals surface area (Å²) in [6.45, 7) is 2.61. The number of pyridine rings is 1. The Morgan fingerprint density at radius 2 is 1.68 bits per heavy atom. The second-order valence-electron chi connectivity index (χ2n) is 8.79. The molecule has 0 radical (unpaired) electrons. The van der Waals surface area contributed by atoms with Crippen molar-refractivity contribution in [3.63, 3.8) is 0 Å². The van der Waals surface area contributed by atoms with Gasteiger partial charge in [-0.05, 0) is 47.7 Å². The molecule has 38 heavy (non-hydrogen) atoms.